The minimum atomic E-state index is -0.348. The van der Waals surface area contributed by atoms with Crippen LogP contribution in [-0.2, 0) is 30.5 Å². The molecule has 5 aliphatic rings. The van der Waals surface area contributed by atoms with Crippen LogP contribution in [0.5, 0.6) is 28.7 Å². The van der Waals surface area contributed by atoms with E-state index >= 15 is 0 Å². The second kappa shape index (κ2) is 15.6. The summed E-state index contributed by atoms with van der Waals surface area (Å²) in [6, 6.07) is 16.7. The molecule has 9 rings (SSSR count). The first-order valence-corrected chi connectivity index (χ1v) is 21.8. The zero-order chi connectivity index (χ0) is 40.2. The lowest BCUT2D eigenvalue weighted by molar-refractivity contribution is -0.291. The van der Waals surface area contributed by atoms with Gasteiger partial charge in [-0.2, -0.15) is 0 Å². The van der Waals surface area contributed by atoms with Crippen molar-refractivity contribution in [2.75, 3.05) is 0 Å². The molecule has 8 atom stereocenters. The van der Waals surface area contributed by atoms with Crippen molar-refractivity contribution in [2.45, 2.75) is 127 Å². The average molecular weight is 786 g/mol. The van der Waals surface area contributed by atoms with E-state index in [0.29, 0.717) is 58.7 Å². The highest BCUT2D eigenvalue weighted by molar-refractivity contribution is 6.03. The number of ether oxygens (including phenoxy) is 1. The van der Waals surface area contributed by atoms with Crippen LogP contribution in [0.4, 0.5) is 0 Å². The summed E-state index contributed by atoms with van der Waals surface area (Å²) in [5, 5.41) is 68.9. The molecule has 58 heavy (non-hydrogen) atoms. The van der Waals surface area contributed by atoms with Crippen LogP contribution in [0.3, 0.4) is 0 Å². The van der Waals surface area contributed by atoms with Gasteiger partial charge in [-0.3, -0.25) is 0 Å². The third-order valence-electron chi connectivity index (χ3n) is 15.0. The molecular formula is C50H59NO7. The molecule has 4 fully saturated rings. The van der Waals surface area contributed by atoms with E-state index in [9.17, 15) is 30.6 Å². The van der Waals surface area contributed by atoms with Gasteiger partial charge in [-0.25, -0.2) is 0 Å². The number of nitrogens with one attached hydrogen (secondary N) is 1. The second-order valence-electron chi connectivity index (χ2n) is 18.3. The maximum absolute atomic E-state index is 11.4. The molecule has 8 heteroatoms. The fourth-order valence-corrected chi connectivity index (χ4v) is 12.1. The monoisotopic (exact) mass is 785 g/mol. The topological polar surface area (TPSA) is 143 Å². The molecule has 1 unspecified atom stereocenters. The van der Waals surface area contributed by atoms with Crippen molar-refractivity contribution in [3.8, 4) is 28.7 Å². The summed E-state index contributed by atoms with van der Waals surface area (Å²) in [4.78, 5) is 0. The van der Waals surface area contributed by atoms with Gasteiger partial charge in [0.05, 0.1) is 23.2 Å². The lowest BCUT2D eigenvalue weighted by Gasteiger charge is -2.67. The molecular weight excluding hydrogens is 727 g/mol. The normalized spacial score (nSPS) is 29.8. The minimum absolute atomic E-state index is 0.0795. The van der Waals surface area contributed by atoms with Crippen LogP contribution < -0.4 is 5.32 Å². The van der Waals surface area contributed by atoms with Crippen molar-refractivity contribution < 1.29 is 35.4 Å². The van der Waals surface area contributed by atoms with Gasteiger partial charge in [-0.15, -0.1) is 0 Å². The number of fused-ring (bicyclic) bond motifs is 4. The van der Waals surface area contributed by atoms with Crippen molar-refractivity contribution in [3.05, 3.63) is 100 Å². The van der Waals surface area contributed by atoms with E-state index < -0.39 is 0 Å². The molecule has 3 aliphatic carbocycles. The zero-order valence-electron chi connectivity index (χ0n) is 33.7. The van der Waals surface area contributed by atoms with Gasteiger partial charge in [0, 0.05) is 29.5 Å². The molecule has 4 aromatic carbocycles. The summed E-state index contributed by atoms with van der Waals surface area (Å²) in [5.41, 5.74) is 5.61. The molecule has 4 aromatic rings. The molecule has 0 radical (unpaired) electrons. The highest BCUT2D eigenvalue weighted by atomic mass is 16.5. The van der Waals surface area contributed by atoms with E-state index in [0.717, 1.165) is 76.3 Å². The summed E-state index contributed by atoms with van der Waals surface area (Å²) in [6.07, 6.45) is 22.6. The molecule has 0 amide bonds. The van der Waals surface area contributed by atoms with Gasteiger partial charge >= 0.3 is 0 Å². The number of aromatic hydroxyl groups is 5. The summed E-state index contributed by atoms with van der Waals surface area (Å²) < 4.78 is 7.31. The Morgan fingerprint density at radius 1 is 0.776 bits per heavy atom. The van der Waals surface area contributed by atoms with Crippen molar-refractivity contribution >= 4 is 22.9 Å². The highest BCUT2D eigenvalue weighted by Crippen LogP contribution is 2.67. The quantitative estimate of drug-likeness (QED) is 0.0326. The molecule has 8 nitrogen and oxygen atoms in total. The minimum Gasteiger partial charge on any atom is -0.507 e. The molecule has 2 saturated heterocycles. The van der Waals surface area contributed by atoms with E-state index in [2.05, 4.69) is 42.6 Å². The average Bonchev–Trinajstić information content (AvgIpc) is 3.61. The van der Waals surface area contributed by atoms with Gasteiger partial charge in [-0.1, -0.05) is 80.5 Å². The van der Waals surface area contributed by atoms with Crippen LogP contribution in [0.1, 0.15) is 111 Å². The maximum Gasteiger partial charge on any atom is 0.169 e. The van der Waals surface area contributed by atoms with Crippen molar-refractivity contribution in [1.29, 1.82) is 0 Å². The van der Waals surface area contributed by atoms with Crippen molar-refractivity contribution in [2.24, 2.45) is 23.2 Å². The maximum atomic E-state index is 11.4. The highest BCUT2D eigenvalue weighted by Gasteiger charge is 2.67. The zero-order valence-corrected chi connectivity index (χ0v) is 33.7. The lowest BCUT2D eigenvalue weighted by Crippen LogP contribution is -2.69. The number of unbranched alkanes of at least 4 members (excludes halogenated alkanes) is 2. The first-order chi connectivity index (χ1) is 28.1. The molecule has 0 aromatic heterocycles. The third kappa shape index (κ3) is 6.85. The number of aliphatic hydroxyl groups excluding tert-OH is 1. The predicted octanol–water partition coefficient (Wildman–Crippen LogP) is 9.58. The molecule has 2 spiro atoms. The number of benzene rings is 4. The largest absolute Gasteiger partial charge is 0.507 e. The lowest BCUT2D eigenvalue weighted by atomic mass is 9.47. The van der Waals surface area contributed by atoms with Crippen LogP contribution in [0.2, 0.25) is 0 Å². The first kappa shape index (κ1) is 39.0. The van der Waals surface area contributed by atoms with E-state index in [-0.39, 0.29) is 57.4 Å². The third-order valence-corrected chi connectivity index (χ3v) is 15.0. The fraction of sp³-hybridized carbons (Fsp3) is 0.480. The number of hydrogen-bond donors (Lipinski definition) is 7. The molecule has 4 bridgehead atoms. The van der Waals surface area contributed by atoms with E-state index in [1.54, 1.807) is 18.2 Å². The Bertz CT molecular complexity index is 2250. The number of aliphatic hydroxyl groups is 1. The molecule has 7 N–H and O–H groups in total. The van der Waals surface area contributed by atoms with Gasteiger partial charge in [0.15, 0.2) is 23.0 Å². The van der Waals surface area contributed by atoms with Crippen molar-refractivity contribution in [1.82, 2.24) is 5.32 Å². The van der Waals surface area contributed by atoms with Gasteiger partial charge in [0.25, 0.3) is 0 Å². The Labute approximate surface area is 341 Å². The van der Waals surface area contributed by atoms with Crippen molar-refractivity contribution in [3.63, 3.8) is 0 Å². The molecule has 2 saturated carbocycles. The van der Waals surface area contributed by atoms with Gasteiger partial charge in [-0.05, 0) is 140 Å². The van der Waals surface area contributed by atoms with Crippen LogP contribution >= 0.6 is 0 Å². The van der Waals surface area contributed by atoms with Crippen LogP contribution in [0.25, 0.3) is 22.9 Å². The number of aryl methyl sites for hydroxylation is 2. The van der Waals surface area contributed by atoms with E-state index in [1.807, 2.05) is 12.1 Å². The summed E-state index contributed by atoms with van der Waals surface area (Å²) >= 11 is 0. The SMILES string of the molecule is CCCCCc1cc(CCc2c(O)c(O)c3c(O)cccc3c2C=Cc2ccc(O)c(O)c2)ccc1CN[C@H]1C[C@H]2O[C@]3(C1)[C@H]1C[C@@H]2C=CC1CC[C@]31CC[C@H](O)C1. The Balaban J connectivity index is 0.973. The van der Waals surface area contributed by atoms with Crippen LogP contribution in [0, 0.1) is 23.2 Å². The summed E-state index contributed by atoms with van der Waals surface area (Å²) in [5.74, 6) is 0.432. The number of hydrogen-bond acceptors (Lipinski definition) is 8. The Hall–Kier alpha value is -4.50. The summed E-state index contributed by atoms with van der Waals surface area (Å²) in [6.45, 7) is 3.03. The Morgan fingerprint density at radius 3 is 2.43 bits per heavy atom. The van der Waals surface area contributed by atoms with Gasteiger partial charge in [0.2, 0.25) is 0 Å². The summed E-state index contributed by atoms with van der Waals surface area (Å²) in [7, 11) is 0. The smallest absolute Gasteiger partial charge is 0.169 e. The first-order valence-electron chi connectivity index (χ1n) is 21.8. The number of phenolic OH excluding ortho intramolecular Hbond substituents is 5. The Kier molecular flexibility index (Phi) is 10.5. The van der Waals surface area contributed by atoms with Gasteiger partial charge in [0.1, 0.15) is 5.75 Å². The molecule has 306 valence electrons. The molecule has 2 aliphatic heterocycles. The molecule has 2 heterocycles. The number of rotatable bonds is 12. The number of allylic oxidation sites excluding steroid dienone is 1. The van der Waals surface area contributed by atoms with Crippen LogP contribution in [0.15, 0.2) is 66.7 Å². The fourth-order valence-electron chi connectivity index (χ4n) is 12.1. The van der Waals surface area contributed by atoms with E-state index in [4.69, 9.17) is 4.74 Å². The van der Waals surface area contributed by atoms with Gasteiger partial charge < -0.3 is 40.7 Å². The number of phenols is 5. The van der Waals surface area contributed by atoms with Crippen LogP contribution in [-0.4, -0.2) is 54.5 Å². The predicted molar refractivity (Wildman–Crippen MR) is 228 cm³/mol. The standard InChI is InChI=1S/C50H59NO7/c1-2-3-4-6-33-23-30(11-17-40-38(16-10-31-12-18-42(53)44(55)24-31)39-7-5-8-43(54)46(39)48(57)47(40)56)9-13-35(33)29-51-36-26-45-34-15-14-32-19-21-49(22-20-37(52)28-49)50(27-36,58-45)41(32)25-34/h5,7-10,12-16,18,23-24,32,34,36-37,41,45,51-57H,2-4,6,11,17,19-22,25-29H2,1H3/t32?,34-,36-,37-,41-,45+,49+,50+/m0/s1. The van der Waals surface area contributed by atoms with E-state index in [1.165, 1.54) is 42.2 Å². The Morgan fingerprint density at radius 2 is 1.62 bits per heavy atom. The second-order valence-corrected chi connectivity index (χ2v) is 18.3.